The highest BCUT2D eigenvalue weighted by atomic mass is 16.1. The number of carbonyl (C=O) groups is 1. The lowest BCUT2D eigenvalue weighted by Gasteiger charge is -2.25. The van der Waals surface area contributed by atoms with Crippen molar-refractivity contribution in [1.29, 1.82) is 0 Å². The molecule has 2 bridgehead atoms. The van der Waals surface area contributed by atoms with Gasteiger partial charge in [-0.25, -0.2) is 0 Å². The molecule has 0 radical (unpaired) electrons. The molecule has 4 unspecified atom stereocenters. The summed E-state index contributed by atoms with van der Waals surface area (Å²) >= 11 is 0. The lowest BCUT2D eigenvalue weighted by atomic mass is 9.77. The predicted molar refractivity (Wildman–Crippen MR) is 90.6 cm³/mol. The van der Waals surface area contributed by atoms with Crippen LogP contribution >= 0.6 is 0 Å². The maximum atomic E-state index is 12.7. The number of fused-ring (bicyclic) bond motifs is 5. The lowest BCUT2D eigenvalue weighted by molar-refractivity contribution is -0.120. The second-order valence-electron chi connectivity index (χ2n) is 8.54. The molecule has 0 N–H and O–H groups in total. The molecule has 4 rings (SSSR count). The van der Waals surface area contributed by atoms with Crippen LogP contribution in [0.25, 0.3) is 6.08 Å². The summed E-state index contributed by atoms with van der Waals surface area (Å²) < 4.78 is 0. The second-order valence-corrected chi connectivity index (χ2v) is 8.54. The van der Waals surface area contributed by atoms with Crippen molar-refractivity contribution in [3.8, 4) is 0 Å². The standard InChI is InChI=1S/C21H26O/c1-21(2,3)14-9-7-13(8-10-14)11-18-17-12-19(20(18)22)16-6-4-5-15(16)17/h7-11,15-17,19H,4-6,12H2,1-3H3. The first kappa shape index (κ1) is 14.2. The summed E-state index contributed by atoms with van der Waals surface area (Å²) in [6, 6.07) is 8.78. The number of allylic oxidation sites excluding steroid dienone is 1. The van der Waals surface area contributed by atoms with Crippen molar-refractivity contribution in [3.05, 3.63) is 41.0 Å². The summed E-state index contributed by atoms with van der Waals surface area (Å²) in [6.45, 7) is 6.71. The van der Waals surface area contributed by atoms with Crippen LogP contribution in [-0.2, 0) is 10.2 Å². The Hall–Kier alpha value is -1.37. The van der Waals surface area contributed by atoms with Gasteiger partial charge in [0.2, 0.25) is 0 Å². The molecule has 0 saturated heterocycles. The van der Waals surface area contributed by atoms with Crippen molar-refractivity contribution in [1.82, 2.24) is 0 Å². The minimum Gasteiger partial charge on any atom is -0.294 e. The average Bonchev–Trinajstić information content (AvgIpc) is 3.12. The normalized spacial score (nSPS) is 35.4. The van der Waals surface area contributed by atoms with E-state index in [1.807, 2.05) is 0 Å². The molecule has 1 heteroatoms. The van der Waals surface area contributed by atoms with E-state index in [-0.39, 0.29) is 5.41 Å². The van der Waals surface area contributed by atoms with Crippen LogP contribution in [0.15, 0.2) is 29.8 Å². The zero-order valence-electron chi connectivity index (χ0n) is 13.9. The van der Waals surface area contributed by atoms with Crippen LogP contribution in [0, 0.1) is 23.7 Å². The van der Waals surface area contributed by atoms with Crippen LogP contribution in [-0.4, -0.2) is 5.78 Å². The van der Waals surface area contributed by atoms with Crippen LogP contribution in [0.5, 0.6) is 0 Å². The van der Waals surface area contributed by atoms with Crippen LogP contribution in [0.3, 0.4) is 0 Å². The minimum atomic E-state index is 0.186. The SMILES string of the molecule is CC(C)(C)c1ccc(C=C2C(=O)C3CC2C2CCCC32)cc1. The third kappa shape index (κ3) is 2.09. The molecule has 0 heterocycles. The molecule has 1 aromatic carbocycles. The molecule has 0 aliphatic heterocycles. The van der Waals surface area contributed by atoms with E-state index in [4.69, 9.17) is 0 Å². The van der Waals surface area contributed by atoms with E-state index < -0.39 is 0 Å². The van der Waals surface area contributed by atoms with Crippen LogP contribution in [0.4, 0.5) is 0 Å². The quantitative estimate of drug-likeness (QED) is 0.666. The number of ketones is 1. The van der Waals surface area contributed by atoms with E-state index in [0.717, 1.165) is 23.8 Å². The zero-order chi connectivity index (χ0) is 15.5. The molecule has 1 nitrogen and oxygen atoms in total. The monoisotopic (exact) mass is 294 g/mol. The Bertz CT molecular complexity index is 629. The predicted octanol–water partition coefficient (Wildman–Crippen LogP) is 5.00. The fourth-order valence-corrected chi connectivity index (χ4v) is 5.13. The van der Waals surface area contributed by atoms with Gasteiger partial charge < -0.3 is 0 Å². The molecule has 0 spiro atoms. The summed E-state index contributed by atoms with van der Waals surface area (Å²) in [4.78, 5) is 12.7. The van der Waals surface area contributed by atoms with Gasteiger partial charge in [-0.1, -0.05) is 51.5 Å². The molecule has 0 aromatic heterocycles. The first-order valence-electron chi connectivity index (χ1n) is 8.81. The number of carbonyl (C=O) groups excluding carboxylic acids is 1. The lowest BCUT2D eigenvalue weighted by Crippen LogP contribution is -2.26. The van der Waals surface area contributed by atoms with Crippen molar-refractivity contribution in [2.45, 2.75) is 51.9 Å². The van der Waals surface area contributed by atoms with Gasteiger partial charge in [0, 0.05) is 5.92 Å². The Morgan fingerprint density at radius 2 is 1.64 bits per heavy atom. The van der Waals surface area contributed by atoms with Gasteiger partial charge in [0.25, 0.3) is 0 Å². The van der Waals surface area contributed by atoms with E-state index in [9.17, 15) is 4.79 Å². The Kier molecular flexibility index (Phi) is 3.11. The van der Waals surface area contributed by atoms with Crippen LogP contribution < -0.4 is 0 Å². The molecule has 3 aliphatic rings. The molecular formula is C21H26O. The maximum absolute atomic E-state index is 12.7. The van der Waals surface area contributed by atoms with Gasteiger partial charge in [0.1, 0.15) is 0 Å². The van der Waals surface area contributed by atoms with Crippen LogP contribution in [0.1, 0.15) is 57.6 Å². The average molecular weight is 294 g/mol. The maximum Gasteiger partial charge on any atom is 0.162 e. The Morgan fingerprint density at radius 1 is 1.00 bits per heavy atom. The van der Waals surface area contributed by atoms with Gasteiger partial charge in [-0.2, -0.15) is 0 Å². The summed E-state index contributed by atoms with van der Waals surface area (Å²) in [5, 5.41) is 0. The van der Waals surface area contributed by atoms with Crippen LogP contribution in [0.2, 0.25) is 0 Å². The van der Waals surface area contributed by atoms with Gasteiger partial charge in [-0.15, -0.1) is 0 Å². The van der Waals surface area contributed by atoms with E-state index in [0.29, 0.717) is 17.6 Å². The first-order chi connectivity index (χ1) is 10.4. The molecule has 22 heavy (non-hydrogen) atoms. The summed E-state index contributed by atoms with van der Waals surface area (Å²) in [5.74, 6) is 2.92. The van der Waals surface area contributed by atoms with Gasteiger partial charge in [0.15, 0.2) is 5.78 Å². The fourth-order valence-electron chi connectivity index (χ4n) is 5.13. The highest BCUT2D eigenvalue weighted by Gasteiger charge is 2.56. The molecule has 3 saturated carbocycles. The fraction of sp³-hybridized carbons (Fsp3) is 0.571. The number of rotatable bonds is 1. The Morgan fingerprint density at radius 3 is 2.27 bits per heavy atom. The van der Waals surface area contributed by atoms with Crippen molar-refractivity contribution >= 4 is 11.9 Å². The number of benzene rings is 1. The zero-order valence-corrected chi connectivity index (χ0v) is 13.9. The van der Waals surface area contributed by atoms with Gasteiger partial charge >= 0.3 is 0 Å². The highest BCUT2D eigenvalue weighted by Crippen LogP contribution is 2.59. The van der Waals surface area contributed by atoms with Crippen molar-refractivity contribution in [3.63, 3.8) is 0 Å². The molecule has 0 amide bonds. The van der Waals surface area contributed by atoms with E-state index in [1.165, 1.54) is 30.4 Å². The molecule has 4 atom stereocenters. The van der Waals surface area contributed by atoms with E-state index >= 15 is 0 Å². The second kappa shape index (κ2) is 4.81. The largest absolute Gasteiger partial charge is 0.294 e. The summed E-state index contributed by atoms with van der Waals surface area (Å²) in [7, 11) is 0. The minimum absolute atomic E-state index is 0.186. The van der Waals surface area contributed by atoms with Gasteiger partial charge in [-0.3, -0.25) is 4.79 Å². The van der Waals surface area contributed by atoms with Crippen molar-refractivity contribution < 1.29 is 4.79 Å². The summed E-state index contributed by atoms with van der Waals surface area (Å²) in [5.41, 5.74) is 3.87. The van der Waals surface area contributed by atoms with E-state index in [2.05, 4.69) is 51.1 Å². The number of hydrogen-bond acceptors (Lipinski definition) is 1. The smallest absolute Gasteiger partial charge is 0.162 e. The molecule has 3 fully saturated rings. The topological polar surface area (TPSA) is 17.1 Å². The molecule has 3 aliphatic carbocycles. The molecular weight excluding hydrogens is 268 g/mol. The summed E-state index contributed by atoms with van der Waals surface area (Å²) in [6.07, 6.45) is 7.31. The number of hydrogen-bond donors (Lipinski definition) is 0. The Balaban J connectivity index is 1.62. The van der Waals surface area contributed by atoms with E-state index in [1.54, 1.807) is 0 Å². The van der Waals surface area contributed by atoms with Gasteiger partial charge in [-0.05, 0) is 65.2 Å². The molecule has 116 valence electrons. The highest BCUT2D eigenvalue weighted by molar-refractivity contribution is 6.05. The molecule has 1 aromatic rings. The van der Waals surface area contributed by atoms with Gasteiger partial charge in [0.05, 0.1) is 0 Å². The van der Waals surface area contributed by atoms with Crippen molar-refractivity contribution in [2.24, 2.45) is 23.7 Å². The number of Topliss-reactive ketones (excluding diaryl/α,β-unsaturated/α-hetero) is 1. The third-order valence-electron chi connectivity index (χ3n) is 6.29. The Labute approximate surface area is 133 Å². The van der Waals surface area contributed by atoms with Crippen molar-refractivity contribution in [2.75, 3.05) is 0 Å². The third-order valence-corrected chi connectivity index (χ3v) is 6.29. The first-order valence-corrected chi connectivity index (χ1v) is 8.81.